The number of fused-ring (bicyclic) bond motifs is 3. The summed E-state index contributed by atoms with van der Waals surface area (Å²) in [4.78, 5) is 10.5. The molecule has 4 rings (SSSR count). The maximum atomic E-state index is 11.0. The van der Waals surface area contributed by atoms with Crippen molar-refractivity contribution < 1.29 is 14.1 Å². The Morgan fingerprint density at radius 2 is 2.04 bits per heavy atom. The van der Waals surface area contributed by atoms with Gasteiger partial charge in [0.25, 0.3) is 0 Å². The van der Waals surface area contributed by atoms with Gasteiger partial charge < -0.3 is 14.5 Å². The van der Waals surface area contributed by atoms with Crippen LogP contribution in [0, 0.1) is 16.0 Å². The first-order valence-corrected chi connectivity index (χ1v) is 9.11. The first-order valence-electron chi connectivity index (χ1n) is 9.11. The molecule has 2 aliphatic heterocycles. The third-order valence-electron chi connectivity index (χ3n) is 5.43. The van der Waals surface area contributed by atoms with Crippen LogP contribution in [0.5, 0.6) is 0 Å². The molecule has 6 heteroatoms. The number of ether oxygens (including phenoxy) is 1. The highest BCUT2D eigenvalue weighted by Gasteiger charge is 2.42. The summed E-state index contributed by atoms with van der Waals surface area (Å²) in [7, 11) is 0. The molecule has 0 bridgehead atoms. The van der Waals surface area contributed by atoms with Gasteiger partial charge in [-0.25, -0.2) is 0 Å². The van der Waals surface area contributed by atoms with E-state index in [-0.39, 0.29) is 29.4 Å². The minimum atomic E-state index is -0.495. The smallest absolute Gasteiger partial charge is 0.404 e. The topological polar surface area (TPSA) is 77.5 Å². The van der Waals surface area contributed by atoms with Gasteiger partial charge in [0.1, 0.15) is 10.7 Å². The van der Waals surface area contributed by atoms with Crippen LogP contribution in [-0.4, -0.2) is 11.5 Å². The molecule has 3 unspecified atom stereocenters. The summed E-state index contributed by atoms with van der Waals surface area (Å²) in [5, 5.41) is 14.5. The molecule has 1 aromatic carbocycles. The Labute approximate surface area is 152 Å². The van der Waals surface area contributed by atoms with E-state index in [0.29, 0.717) is 5.76 Å². The third-order valence-corrected chi connectivity index (χ3v) is 5.43. The average Bonchev–Trinajstić information content (AvgIpc) is 3.10. The number of furan rings is 1. The molecule has 2 aliphatic rings. The molecule has 6 nitrogen and oxygen atoms in total. The molecular formula is C20H24N2O4. The summed E-state index contributed by atoms with van der Waals surface area (Å²) in [6.07, 6.45) is 1.96. The van der Waals surface area contributed by atoms with Crippen LogP contribution >= 0.6 is 0 Å². The quantitative estimate of drug-likeness (QED) is 0.597. The maximum absolute atomic E-state index is 11.0. The number of nitrogens with one attached hydrogen (secondary N) is 1. The van der Waals surface area contributed by atoms with Crippen molar-refractivity contribution in [3.63, 3.8) is 0 Å². The van der Waals surface area contributed by atoms with Gasteiger partial charge in [0.15, 0.2) is 0 Å². The molecule has 1 N–H and O–H groups in total. The summed E-state index contributed by atoms with van der Waals surface area (Å²) in [5.74, 6) is 0.573. The lowest BCUT2D eigenvalue weighted by Gasteiger charge is -2.42. The van der Waals surface area contributed by atoms with E-state index in [2.05, 4.69) is 44.3 Å². The van der Waals surface area contributed by atoms with E-state index < -0.39 is 4.92 Å². The Balaban J connectivity index is 1.75. The van der Waals surface area contributed by atoms with Gasteiger partial charge in [0, 0.05) is 23.8 Å². The van der Waals surface area contributed by atoms with Crippen LogP contribution in [0.2, 0.25) is 0 Å². The van der Waals surface area contributed by atoms with Crippen LogP contribution in [0.3, 0.4) is 0 Å². The van der Waals surface area contributed by atoms with Crippen molar-refractivity contribution >= 4 is 11.6 Å². The van der Waals surface area contributed by atoms with Gasteiger partial charge in [-0.05, 0) is 36.0 Å². The number of anilines is 1. The van der Waals surface area contributed by atoms with Crippen LogP contribution in [0.15, 0.2) is 34.7 Å². The van der Waals surface area contributed by atoms with Gasteiger partial charge in [-0.15, -0.1) is 0 Å². The molecule has 0 saturated carbocycles. The van der Waals surface area contributed by atoms with Gasteiger partial charge >= 0.3 is 5.88 Å². The Morgan fingerprint density at radius 3 is 2.73 bits per heavy atom. The fraction of sp³-hybridized carbons (Fsp3) is 0.500. The second kappa shape index (κ2) is 6.13. The van der Waals surface area contributed by atoms with Crippen molar-refractivity contribution in [2.45, 2.75) is 51.2 Å². The Bertz CT molecular complexity index is 837. The molecule has 0 amide bonds. The van der Waals surface area contributed by atoms with Crippen molar-refractivity contribution in [3.05, 3.63) is 57.3 Å². The summed E-state index contributed by atoms with van der Waals surface area (Å²) in [6.45, 7) is 7.35. The molecule has 0 aliphatic carbocycles. The second-order valence-corrected chi connectivity index (χ2v) is 8.20. The number of benzene rings is 1. The highest BCUT2D eigenvalue weighted by molar-refractivity contribution is 5.58. The zero-order valence-corrected chi connectivity index (χ0v) is 15.3. The first kappa shape index (κ1) is 17.1. The SMILES string of the molecule is CC(C)(C)c1ccc2c(c1)C1OCCCC1C(c1ccc([N+](=O)[O-])o1)N2. The fourth-order valence-electron chi connectivity index (χ4n) is 4.03. The number of hydrogen-bond acceptors (Lipinski definition) is 5. The molecule has 1 aromatic heterocycles. The number of rotatable bonds is 2. The van der Waals surface area contributed by atoms with Crippen LogP contribution in [0.25, 0.3) is 0 Å². The minimum absolute atomic E-state index is 0.0172. The van der Waals surface area contributed by atoms with Gasteiger partial charge in [0.2, 0.25) is 0 Å². The Morgan fingerprint density at radius 1 is 1.23 bits per heavy atom. The van der Waals surface area contributed by atoms with Crippen LogP contribution < -0.4 is 5.32 Å². The van der Waals surface area contributed by atoms with Gasteiger partial charge in [0.05, 0.1) is 18.2 Å². The van der Waals surface area contributed by atoms with E-state index in [1.165, 1.54) is 17.2 Å². The molecule has 2 aromatic rings. The lowest BCUT2D eigenvalue weighted by Crippen LogP contribution is -2.36. The molecular weight excluding hydrogens is 332 g/mol. The van der Waals surface area contributed by atoms with E-state index in [0.717, 1.165) is 25.1 Å². The van der Waals surface area contributed by atoms with E-state index >= 15 is 0 Å². The summed E-state index contributed by atoms with van der Waals surface area (Å²) < 4.78 is 11.7. The summed E-state index contributed by atoms with van der Waals surface area (Å²) in [5.41, 5.74) is 3.54. The molecule has 26 heavy (non-hydrogen) atoms. The number of nitro groups is 1. The van der Waals surface area contributed by atoms with Crippen molar-refractivity contribution in [2.24, 2.45) is 5.92 Å². The normalized spacial score (nSPS) is 25.1. The standard InChI is InChI=1S/C20H24N2O4/c1-20(2,3)12-6-7-15-14(11-12)19-13(5-4-10-25-19)18(21-15)16-8-9-17(26-16)22(23)24/h6-9,11,13,18-19,21H,4-5,10H2,1-3H3. The number of hydrogen-bond donors (Lipinski definition) is 1. The van der Waals surface area contributed by atoms with E-state index in [1.54, 1.807) is 6.07 Å². The fourth-order valence-corrected chi connectivity index (χ4v) is 4.03. The summed E-state index contributed by atoms with van der Waals surface area (Å²) in [6, 6.07) is 9.48. The van der Waals surface area contributed by atoms with Crippen LogP contribution in [0.1, 0.15) is 62.6 Å². The van der Waals surface area contributed by atoms with Gasteiger partial charge in [-0.1, -0.05) is 32.9 Å². The van der Waals surface area contributed by atoms with Crippen molar-refractivity contribution in [1.29, 1.82) is 0 Å². The predicted octanol–water partition coefficient (Wildman–Crippen LogP) is 5.12. The van der Waals surface area contributed by atoms with E-state index in [4.69, 9.17) is 9.15 Å². The van der Waals surface area contributed by atoms with Gasteiger partial charge in [-0.3, -0.25) is 10.1 Å². The first-order chi connectivity index (χ1) is 12.3. The second-order valence-electron chi connectivity index (χ2n) is 8.20. The monoisotopic (exact) mass is 356 g/mol. The van der Waals surface area contributed by atoms with Crippen molar-refractivity contribution in [2.75, 3.05) is 11.9 Å². The largest absolute Gasteiger partial charge is 0.433 e. The summed E-state index contributed by atoms with van der Waals surface area (Å²) >= 11 is 0. The third kappa shape index (κ3) is 2.88. The minimum Gasteiger partial charge on any atom is -0.404 e. The predicted molar refractivity (Wildman–Crippen MR) is 98.3 cm³/mol. The highest BCUT2D eigenvalue weighted by atomic mass is 16.6. The Kier molecular flexibility index (Phi) is 4.03. The van der Waals surface area contributed by atoms with Crippen LogP contribution in [0.4, 0.5) is 11.6 Å². The maximum Gasteiger partial charge on any atom is 0.433 e. The van der Waals surface area contributed by atoms with Crippen molar-refractivity contribution in [3.8, 4) is 0 Å². The lowest BCUT2D eigenvalue weighted by molar-refractivity contribution is -0.402. The molecule has 138 valence electrons. The molecule has 0 radical (unpaired) electrons. The number of nitrogens with zero attached hydrogens (tertiary/aromatic N) is 1. The molecule has 0 spiro atoms. The zero-order valence-electron chi connectivity index (χ0n) is 15.3. The van der Waals surface area contributed by atoms with E-state index in [1.807, 2.05) is 0 Å². The van der Waals surface area contributed by atoms with Crippen molar-refractivity contribution in [1.82, 2.24) is 0 Å². The lowest BCUT2D eigenvalue weighted by atomic mass is 9.77. The average molecular weight is 356 g/mol. The molecule has 3 heterocycles. The van der Waals surface area contributed by atoms with Gasteiger partial charge in [-0.2, -0.15) is 0 Å². The molecule has 1 saturated heterocycles. The Hall–Kier alpha value is -2.34. The van der Waals surface area contributed by atoms with E-state index in [9.17, 15) is 10.1 Å². The molecule has 1 fully saturated rings. The molecule has 3 atom stereocenters. The highest BCUT2D eigenvalue weighted by Crippen LogP contribution is 2.50. The van der Waals surface area contributed by atoms with Crippen LogP contribution in [-0.2, 0) is 10.2 Å². The zero-order chi connectivity index (χ0) is 18.5.